The quantitative estimate of drug-likeness (QED) is 0.570. The third-order valence-electron chi connectivity index (χ3n) is 6.42. The van der Waals surface area contributed by atoms with Gasteiger partial charge in [-0.1, -0.05) is 0 Å². The predicted molar refractivity (Wildman–Crippen MR) is 142 cm³/mol. The predicted octanol–water partition coefficient (Wildman–Crippen LogP) is 4.03. The zero-order valence-electron chi connectivity index (χ0n) is 21.2. The van der Waals surface area contributed by atoms with Crippen LogP contribution in [0.1, 0.15) is 19.4 Å². The topological polar surface area (TPSA) is 81.7 Å². The van der Waals surface area contributed by atoms with E-state index in [9.17, 15) is 0 Å². The standard InChI is InChI=1S/C26H34N8O/c1-18-16-27-25(28-19-6-8-20(9-7-19)34-14-12-32(4)13-15-34)31-23(18)29-22-11-10-21-24(30-22)33(5)17-26(2,3)35-21/h6-11,16H,12-15,17H2,1-5H3,(H2,27,28,29,30,31). The molecule has 3 aromatic rings. The van der Waals surface area contributed by atoms with Gasteiger partial charge in [-0.2, -0.15) is 4.98 Å². The van der Waals surface area contributed by atoms with Crippen LogP contribution in [0, 0.1) is 6.92 Å². The molecule has 1 saturated heterocycles. The van der Waals surface area contributed by atoms with Crippen molar-refractivity contribution in [1.82, 2.24) is 19.9 Å². The number of benzene rings is 1. The van der Waals surface area contributed by atoms with Crippen LogP contribution < -0.4 is 25.2 Å². The number of piperazine rings is 1. The first-order chi connectivity index (χ1) is 16.8. The van der Waals surface area contributed by atoms with E-state index in [1.54, 1.807) is 0 Å². The maximum absolute atomic E-state index is 6.08. The SMILES string of the molecule is Cc1cnc(Nc2ccc(N3CCN(C)CC3)cc2)nc1Nc1ccc2c(n1)N(C)CC(C)(C)O2. The molecule has 0 amide bonds. The van der Waals surface area contributed by atoms with Gasteiger partial charge in [-0.25, -0.2) is 9.97 Å². The number of pyridine rings is 1. The minimum atomic E-state index is -0.245. The van der Waals surface area contributed by atoms with Crippen molar-refractivity contribution in [2.45, 2.75) is 26.4 Å². The fourth-order valence-corrected chi connectivity index (χ4v) is 4.53. The molecule has 4 heterocycles. The van der Waals surface area contributed by atoms with Gasteiger partial charge in [-0.05, 0) is 64.2 Å². The molecule has 9 heteroatoms. The molecular weight excluding hydrogens is 440 g/mol. The molecule has 2 N–H and O–H groups in total. The molecule has 0 atom stereocenters. The summed E-state index contributed by atoms with van der Waals surface area (Å²) >= 11 is 0. The molecule has 0 aliphatic carbocycles. The van der Waals surface area contributed by atoms with E-state index in [0.29, 0.717) is 17.6 Å². The first-order valence-corrected chi connectivity index (χ1v) is 12.1. The highest BCUT2D eigenvalue weighted by Gasteiger charge is 2.31. The van der Waals surface area contributed by atoms with E-state index < -0.39 is 0 Å². The maximum Gasteiger partial charge on any atom is 0.229 e. The summed E-state index contributed by atoms with van der Waals surface area (Å²) < 4.78 is 6.08. The van der Waals surface area contributed by atoms with Crippen LogP contribution in [0.5, 0.6) is 5.75 Å². The van der Waals surface area contributed by atoms with E-state index in [1.165, 1.54) is 5.69 Å². The lowest BCUT2D eigenvalue weighted by atomic mass is 10.1. The molecule has 0 saturated carbocycles. The number of anilines is 6. The molecule has 1 fully saturated rings. The second-order valence-corrected chi connectivity index (χ2v) is 10.0. The summed E-state index contributed by atoms with van der Waals surface area (Å²) in [4.78, 5) is 20.8. The van der Waals surface area contributed by atoms with Crippen LogP contribution in [0.15, 0.2) is 42.6 Å². The minimum Gasteiger partial charge on any atom is -0.482 e. The van der Waals surface area contributed by atoms with Crippen LogP contribution >= 0.6 is 0 Å². The number of aryl methyl sites for hydroxylation is 1. The summed E-state index contributed by atoms with van der Waals surface area (Å²) in [6.07, 6.45) is 1.81. The van der Waals surface area contributed by atoms with Crippen LogP contribution in [0.25, 0.3) is 0 Å². The summed E-state index contributed by atoms with van der Waals surface area (Å²) in [5, 5.41) is 6.67. The van der Waals surface area contributed by atoms with E-state index in [0.717, 1.165) is 55.5 Å². The number of aromatic nitrogens is 3. The molecule has 5 rings (SSSR count). The Hall–Kier alpha value is -3.59. The van der Waals surface area contributed by atoms with Crippen molar-refractivity contribution >= 4 is 34.8 Å². The average Bonchev–Trinajstić information content (AvgIpc) is 2.82. The van der Waals surface area contributed by atoms with Gasteiger partial charge in [0.2, 0.25) is 5.95 Å². The maximum atomic E-state index is 6.08. The second-order valence-electron chi connectivity index (χ2n) is 10.0. The minimum absolute atomic E-state index is 0.245. The van der Waals surface area contributed by atoms with Crippen LogP contribution in [-0.2, 0) is 0 Å². The molecule has 0 bridgehead atoms. The van der Waals surface area contributed by atoms with Crippen LogP contribution in [0.3, 0.4) is 0 Å². The molecule has 0 spiro atoms. The Balaban J connectivity index is 1.29. The lowest BCUT2D eigenvalue weighted by Crippen LogP contribution is -2.45. The molecule has 9 nitrogen and oxygen atoms in total. The summed E-state index contributed by atoms with van der Waals surface area (Å²) in [5.41, 5.74) is 2.88. The zero-order chi connectivity index (χ0) is 24.6. The van der Waals surface area contributed by atoms with Crippen molar-refractivity contribution in [1.29, 1.82) is 0 Å². The molecule has 0 unspecified atom stereocenters. The van der Waals surface area contributed by atoms with Gasteiger partial charge in [0.1, 0.15) is 17.2 Å². The van der Waals surface area contributed by atoms with Gasteiger partial charge in [0.25, 0.3) is 0 Å². The fourth-order valence-electron chi connectivity index (χ4n) is 4.53. The Morgan fingerprint density at radius 1 is 0.914 bits per heavy atom. The number of ether oxygens (including phenoxy) is 1. The Bertz CT molecular complexity index is 1190. The van der Waals surface area contributed by atoms with Gasteiger partial charge in [-0.15, -0.1) is 0 Å². The van der Waals surface area contributed by atoms with Gasteiger partial charge in [0, 0.05) is 56.4 Å². The van der Waals surface area contributed by atoms with Crippen molar-refractivity contribution in [3.8, 4) is 5.75 Å². The third kappa shape index (κ3) is 5.24. The van der Waals surface area contributed by atoms with Crippen molar-refractivity contribution in [3.05, 3.63) is 48.2 Å². The Morgan fingerprint density at radius 3 is 2.40 bits per heavy atom. The Morgan fingerprint density at radius 2 is 1.66 bits per heavy atom. The lowest BCUT2D eigenvalue weighted by molar-refractivity contribution is 0.106. The van der Waals surface area contributed by atoms with E-state index >= 15 is 0 Å². The highest BCUT2D eigenvalue weighted by Crippen LogP contribution is 2.36. The number of hydrogen-bond donors (Lipinski definition) is 2. The van der Waals surface area contributed by atoms with Crippen molar-refractivity contribution < 1.29 is 4.74 Å². The number of hydrogen-bond acceptors (Lipinski definition) is 9. The summed E-state index contributed by atoms with van der Waals surface area (Å²) in [7, 11) is 4.21. The summed E-state index contributed by atoms with van der Waals surface area (Å²) in [6, 6.07) is 12.3. The largest absolute Gasteiger partial charge is 0.482 e. The monoisotopic (exact) mass is 474 g/mol. The van der Waals surface area contributed by atoms with E-state index in [-0.39, 0.29) is 5.60 Å². The smallest absolute Gasteiger partial charge is 0.229 e. The number of fused-ring (bicyclic) bond motifs is 1. The Labute approximate surface area is 207 Å². The van der Waals surface area contributed by atoms with Crippen molar-refractivity contribution in [2.24, 2.45) is 0 Å². The Kier molecular flexibility index (Phi) is 6.10. The normalized spacial score (nSPS) is 17.5. The molecule has 35 heavy (non-hydrogen) atoms. The molecular formula is C26H34N8O. The second kappa shape index (κ2) is 9.22. The molecule has 0 radical (unpaired) electrons. The van der Waals surface area contributed by atoms with Gasteiger partial charge < -0.3 is 30.1 Å². The van der Waals surface area contributed by atoms with Gasteiger partial charge >= 0.3 is 0 Å². The zero-order valence-corrected chi connectivity index (χ0v) is 21.2. The van der Waals surface area contributed by atoms with Gasteiger partial charge in [-0.3, -0.25) is 0 Å². The number of rotatable bonds is 5. The van der Waals surface area contributed by atoms with Gasteiger partial charge in [0.05, 0.1) is 6.54 Å². The van der Waals surface area contributed by atoms with Crippen molar-refractivity contribution in [2.75, 3.05) is 67.3 Å². The number of nitrogens with one attached hydrogen (secondary N) is 2. The van der Waals surface area contributed by atoms with E-state index in [4.69, 9.17) is 14.7 Å². The molecule has 184 valence electrons. The molecule has 2 aromatic heterocycles. The van der Waals surface area contributed by atoms with Gasteiger partial charge in [0.15, 0.2) is 11.6 Å². The fraction of sp³-hybridized carbons (Fsp3) is 0.423. The van der Waals surface area contributed by atoms with E-state index in [1.807, 2.05) is 32.3 Å². The van der Waals surface area contributed by atoms with Crippen LogP contribution in [0.2, 0.25) is 0 Å². The third-order valence-corrected chi connectivity index (χ3v) is 6.42. The van der Waals surface area contributed by atoms with Crippen molar-refractivity contribution in [3.63, 3.8) is 0 Å². The lowest BCUT2D eigenvalue weighted by Gasteiger charge is -2.38. The summed E-state index contributed by atoms with van der Waals surface area (Å²) in [5.74, 6) is 3.56. The molecule has 1 aromatic carbocycles. The molecule has 2 aliphatic rings. The van der Waals surface area contributed by atoms with E-state index in [2.05, 4.69) is 75.5 Å². The number of nitrogens with zero attached hydrogens (tertiary/aromatic N) is 6. The number of likely N-dealkylation sites (N-methyl/N-ethyl adjacent to an activating group) is 2. The highest BCUT2D eigenvalue weighted by atomic mass is 16.5. The average molecular weight is 475 g/mol. The highest BCUT2D eigenvalue weighted by molar-refractivity contribution is 5.65. The van der Waals surface area contributed by atoms with Crippen LogP contribution in [0.4, 0.5) is 34.8 Å². The first kappa shape index (κ1) is 23.2. The summed E-state index contributed by atoms with van der Waals surface area (Å²) in [6.45, 7) is 11.2. The molecule has 2 aliphatic heterocycles. The first-order valence-electron chi connectivity index (χ1n) is 12.1. The van der Waals surface area contributed by atoms with Crippen LogP contribution in [-0.4, -0.2) is 72.3 Å².